The highest BCUT2D eigenvalue weighted by atomic mass is 79.9. The Morgan fingerprint density at radius 2 is 2.04 bits per heavy atom. The molecule has 28 heavy (non-hydrogen) atoms. The van der Waals surface area contributed by atoms with Crippen LogP contribution in [0.15, 0.2) is 58.6 Å². The first-order chi connectivity index (χ1) is 13.6. The molecule has 0 spiro atoms. The average Bonchev–Trinajstić information content (AvgIpc) is 3.38. The van der Waals surface area contributed by atoms with Crippen LogP contribution in [0.2, 0.25) is 0 Å². The molecular formula is C20H17BrN4O2S. The average molecular weight is 457 g/mol. The molecule has 2 aromatic heterocycles. The van der Waals surface area contributed by atoms with Crippen LogP contribution in [0.1, 0.15) is 23.2 Å². The van der Waals surface area contributed by atoms with Crippen LogP contribution in [-0.4, -0.2) is 39.3 Å². The maximum Gasteiger partial charge on any atom is 0.254 e. The van der Waals surface area contributed by atoms with E-state index in [4.69, 9.17) is 0 Å². The highest BCUT2D eigenvalue weighted by molar-refractivity contribution is 9.10. The maximum absolute atomic E-state index is 12.8. The molecule has 0 saturated carbocycles. The molecule has 0 aliphatic carbocycles. The van der Waals surface area contributed by atoms with Crippen molar-refractivity contribution in [2.45, 2.75) is 18.9 Å². The van der Waals surface area contributed by atoms with E-state index in [1.807, 2.05) is 29.6 Å². The zero-order valence-corrected chi connectivity index (χ0v) is 17.2. The lowest BCUT2D eigenvalue weighted by atomic mass is 10.1. The predicted molar refractivity (Wildman–Crippen MR) is 112 cm³/mol. The van der Waals surface area contributed by atoms with Crippen LogP contribution in [0.3, 0.4) is 0 Å². The Morgan fingerprint density at radius 3 is 2.79 bits per heavy atom. The highest BCUT2D eigenvalue weighted by Gasteiger charge is 2.34. The number of hydrogen-bond donors (Lipinski definition) is 1. The van der Waals surface area contributed by atoms with E-state index in [0.717, 1.165) is 22.2 Å². The molecule has 8 heteroatoms. The van der Waals surface area contributed by atoms with Gasteiger partial charge in [-0.25, -0.2) is 4.98 Å². The van der Waals surface area contributed by atoms with E-state index in [1.165, 1.54) is 11.3 Å². The first-order valence-electron chi connectivity index (χ1n) is 8.85. The standard InChI is InChI=1S/C20H17BrN4O2S/c21-15-7-5-13(6-8-15)19(27)25-10-2-4-17(25)18(26)24-20-23-16(12-28-20)14-3-1-9-22-11-14/h1,3,5-9,11-12,17H,2,4,10H2,(H,23,24,26). The summed E-state index contributed by atoms with van der Waals surface area (Å²) < 4.78 is 0.910. The number of pyridine rings is 1. The maximum atomic E-state index is 12.8. The Bertz CT molecular complexity index is 991. The van der Waals surface area contributed by atoms with Crippen LogP contribution in [0.25, 0.3) is 11.3 Å². The number of rotatable bonds is 4. The molecule has 1 aliphatic heterocycles. The van der Waals surface area contributed by atoms with Gasteiger partial charge in [-0.05, 0) is 49.2 Å². The Kier molecular flexibility index (Phi) is 5.50. The highest BCUT2D eigenvalue weighted by Crippen LogP contribution is 2.26. The Balaban J connectivity index is 1.46. The van der Waals surface area contributed by atoms with Gasteiger partial charge in [-0.15, -0.1) is 11.3 Å². The number of likely N-dealkylation sites (tertiary alicyclic amines) is 1. The molecule has 6 nitrogen and oxygen atoms in total. The van der Waals surface area contributed by atoms with Crippen LogP contribution >= 0.6 is 27.3 Å². The molecule has 3 aromatic rings. The quantitative estimate of drug-likeness (QED) is 0.637. The van der Waals surface area contributed by atoms with Gasteiger partial charge in [0.2, 0.25) is 5.91 Å². The summed E-state index contributed by atoms with van der Waals surface area (Å²) in [6.45, 7) is 0.575. The molecule has 142 valence electrons. The lowest BCUT2D eigenvalue weighted by Gasteiger charge is -2.23. The van der Waals surface area contributed by atoms with Gasteiger partial charge in [-0.2, -0.15) is 0 Å². The molecule has 1 aliphatic rings. The smallest absolute Gasteiger partial charge is 0.254 e. The second-order valence-corrected chi connectivity index (χ2v) is 8.21. The molecule has 0 radical (unpaired) electrons. The van der Waals surface area contributed by atoms with Crippen molar-refractivity contribution in [1.82, 2.24) is 14.9 Å². The summed E-state index contributed by atoms with van der Waals surface area (Å²) in [5, 5.41) is 5.27. The van der Waals surface area contributed by atoms with Gasteiger partial charge in [0.1, 0.15) is 6.04 Å². The third-order valence-corrected chi connectivity index (χ3v) is 5.89. The molecular weight excluding hydrogens is 440 g/mol. The van der Waals surface area contributed by atoms with Crippen molar-refractivity contribution in [2.75, 3.05) is 11.9 Å². The molecule has 1 saturated heterocycles. The summed E-state index contributed by atoms with van der Waals surface area (Å²) in [5.74, 6) is -0.324. The van der Waals surface area contributed by atoms with Gasteiger partial charge in [0.25, 0.3) is 5.91 Å². The minimum Gasteiger partial charge on any atom is -0.327 e. The van der Waals surface area contributed by atoms with Gasteiger partial charge >= 0.3 is 0 Å². The molecule has 1 unspecified atom stereocenters. The number of benzene rings is 1. The molecule has 1 fully saturated rings. The van der Waals surface area contributed by atoms with E-state index >= 15 is 0 Å². The van der Waals surface area contributed by atoms with Crippen molar-refractivity contribution in [3.05, 3.63) is 64.2 Å². The normalized spacial score (nSPS) is 16.2. The number of amides is 2. The largest absolute Gasteiger partial charge is 0.327 e. The summed E-state index contributed by atoms with van der Waals surface area (Å²) in [6.07, 6.45) is 4.89. The molecule has 3 heterocycles. The minimum absolute atomic E-state index is 0.125. The first kappa shape index (κ1) is 18.8. The van der Waals surface area contributed by atoms with Crippen LogP contribution in [-0.2, 0) is 4.79 Å². The van der Waals surface area contributed by atoms with Gasteiger partial charge in [0, 0.05) is 39.9 Å². The van der Waals surface area contributed by atoms with Crippen molar-refractivity contribution < 1.29 is 9.59 Å². The molecule has 4 rings (SSSR count). The second-order valence-electron chi connectivity index (χ2n) is 6.43. The summed E-state index contributed by atoms with van der Waals surface area (Å²) in [7, 11) is 0. The Morgan fingerprint density at radius 1 is 1.21 bits per heavy atom. The van der Waals surface area contributed by atoms with Crippen molar-refractivity contribution in [3.8, 4) is 11.3 Å². The lowest BCUT2D eigenvalue weighted by Crippen LogP contribution is -2.43. The van der Waals surface area contributed by atoms with Crippen molar-refractivity contribution in [2.24, 2.45) is 0 Å². The number of aromatic nitrogens is 2. The SMILES string of the molecule is O=C(Nc1nc(-c2cccnc2)cs1)C1CCCN1C(=O)c1ccc(Br)cc1. The number of halogens is 1. The summed E-state index contributed by atoms with van der Waals surface area (Å²) in [5.41, 5.74) is 2.24. The van der Waals surface area contributed by atoms with E-state index in [1.54, 1.807) is 29.4 Å². The van der Waals surface area contributed by atoms with Crippen LogP contribution in [0, 0.1) is 0 Å². The fourth-order valence-electron chi connectivity index (χ4n) is 3.21. The zero-order valence-electron chi connectivity index (χ0n) is 14.8. The van der Waals surface area contributed by atoms with Crippen molar-refractivity contribution in [3.63, 3.8) is 0 Å². The van der Waals surface area contributed by atoms with Crippen molar-refractivity contribution >= 4 is 44.2 Å². The molecule has 0 bridgehead atoms. The number of carbonyl (C=O) groups is 2. The van der Waals surface area contributed by atoms with Gasteiger partial charge in [0.15, 0.2) is 5.13 Å². The Hall–Kier alpha value is -2.58. The number of nitrogens with one attached hydrogen (secondary N) is 1. The van der Waals surface area contributed by atoms with Gasteiger partial charge < -0.3 is 10.2 Å². The fourth-order valence-corrected chi connectivity index (χ4v) is 4.19. The number of carbonyl (C=O) groups excluding carboxylic acids is 2. The fraction of sp³-hybridized carbons (Fsp3) is 0.200. The van der Waals surface area contributed by atoms with Gasteiger partial charge in [0.05, 0.1) is 5.69 Å². The second kappa shape index (κ2) is 8.20. The first-order valence-corrected chi connectivity index (χ1v) is 10.5. The van der Waals surface area contributed by atoms with Crippen LogP contribution in [0.4, 0.5) is 5.13 Å². The molecule has 1 aromatic carbocycles. The van der Waals surface area contributed by atoms with E-state index in [0.29, 0.717) is 23.7 Å². The molecule has 1 atom stereocenters. The van der Waals surface area contributed by atoms with Crippen LogP contribution < -0.4 is 5.32 Å². The Labute approximate surface area is 174 Å². The number of anilines is 1. The van der Waals surface area contributed by atoms with E-state index < -0.39 is 6.04 Å². The van der Waals surface area contributed by atoms with E-state index in [9.17, 15) is 9.59 Å². The summed E-state index contributed by atoms with van der Waals surface area (Å²) in [6, 6.07) is 10.5. The van der Waals surface area contributed by atoms with Crippen molar-refractivity contribution in [1.29, 1.82) is 0 Å². The third kappa shape index (κ3) is 3.98. The number of nitrogens with zero attached hydrogens (tertiary/aromatic N) is 3. The predicted octanol–water partition coefficient (Wildman–Crippen LogP) is 4.21. The van der Waals surface area contributed by atoms with Gasteiger partial charge in [-0.1, -0.05) is 15.9 Å². The summed E-state index contributed by atoms with van der Waals surface area (Å²) >= 11 is 4.73. The topological polar surface area (TPSA) is 75.2 Å². The lowest BCUT2D eigenvalue weighted by molar-refractivity contribution is -0.119. The van der Waals surface area contributed by atoms with E-state index in [-0.39, 0.29) is 11.8 Å². The number of hydrogen-bond acceptors (Lipinski definition) is 5. The molecule has 1 N–H and O–H groups in total. The zero-order chi connectivity index (χ0) is 19.5. The third-order valence-electron chi connectivity index (χ3n) is 4.60. The monoisotopic (exact) mass is 456 g/mol. The van der Waals surface area contributed by atoms with Gasteiger partial charge in [-0.3, -0.25) is 14.6 Å². The number of thiazole rings is 1. The summed E-state index contributed by atoms with van der Waals surface area (Å²) in [4.78, 5) is 35.8. The molecule has 2 amide bonds. The minimum atomic E-state index is -0.484. The van der Waals surface area contributed by atoms with Crippen LogP contribution in [0.5, 0.6) is 0 Å². The van der Waals surface area contributed by atoms with E-state index in [2.05, 4.69) is 31.2 Å².